The van der Waals surface area contributed by atoms with E-state index in [2.05, 4.69) is 49.9 Å². The molecule has 5 heteroatoms. The molecule has 4 nitrogen and oxygen atoms in total. The molecular formula is C15H28N4S. The van der Waals surface area contributed by atoms with Crippen LogP contribution >= 0.6 is 11.3 Å². The zero-order valence-corrected chi connectivity index (χ0v) is 14.3. The molecule has 0 bridgehead atoms. The van der Waals surface area contributed by atoms with E-state index in [4.69, 9.17) is 4.98 Å². The number of aromatic nitrogens is 1. The van der Waals surface area contributed by atoms with Crippen LogP contribution < -0.4 is 10.2 Å². The minimum atomic E-state index is 0.588. The molecule has 2 atom stereocenters. The monoisotopic (exact) mass is 296 g/mol. The van der Waals surface area contributed by atoms with Crippen LogP contribution in [0.1, 0.15) is 38.3 Å². The van der Waals surface area contributed by atoms with Crippen LogP contribution in [0.4, 0.5) is 5.13 Å². The highest BCUT2D eigenvalue weighted by molar-refractivity contribution is 7.15. The van der Waals surface area contributed by atoms with Crippen molar-refractivity contribution < 1.29 is 0 Å². The van der Waals surface area contributed by atoms with Gasteiger partial charge in [0.15, 0.2) is 5.13 Å². The third kappa shape index (κ3) is 3.32. The van der Waals surface area contributed by atoms with Crippen LogP contribution in [0.3, 0.4) is 0 Å². The third-order valence-corrected chi connectivity index (χ3v) is 5.43. The predicted molar refractivity (Wildman–Crippen MR) is 87.8 cm³/mol. The summed E-state index contributed by atoms with van der Waals surface area (Å²) in [6.07, 6.45) is 1.02. The molecule has 1 N–H and O–H groups in total. The first-order valence-corrected chi connectivity index (χ1v) is 8.54. The maximum atomic E-state index is 4.89. The highest BCUT2D eigenvalue weighted by Crippen LogP contribution is 2.29. The summed E-state index contributed by atoms with van der Waals surface area (Å²) in [7, 11) is 2.22. The van der Waals surface area contributed by atoms with Gasteiger partial charge in [-0.1, -0.05) is 13.8 Å². The molecule has 2 heterocycles. The molecule has 0 aliphatic carbocycles. The van der Waals surface area contributed by atoms with E-state index in [0.29, 0.717) is 12.1 Å². The van der Waals surface area contributed by atoms with Gasteiger partial charge in [-0.25, -0.2) is 4.98 Å². The summed E-state index contributed by atoms with van der Waals surface area (Å²) in [5, 5.41) is 4.63. The molecule has 1 aromatic heterocycles. The molecule has 1 aliphatic rings. The lowest BCUT2D eigenvalue weighted by molar-refractivity contribution is 0.170. The van der Waals surface area contributed by atoms with E-state index in [0.717, 1.165) is 32.6 Å². The topological polar surface area (TPSA) is 31.4 Å². The third-order valence-electron chi connectivity index (χ3n) is 4.27. The van der Waals surface area contributed by atoms with Crippen LogP contribution in [-0.4, -0.2) is 48.6 Å². The van der Waals surface area contributed by atoms with Gasteiger partial charge in [-0.2, -0.15) is 0 Å². The Labute approximate surface area is 127 Å². The maximum absolute atomic E-state index is 4.89. The summed E-state index contributed by atoms with van der Waals surface area (Å²) in [4.78, 5) is 11.2. The zero-order chi connectivity index (χ0) is 14.7. The molecule has 1 fully saturated rings. The minimum Gasteiger partial charge on any atom is -0.345 e. The first-order chi connectivity index (χ1) is 9.56. The van der Waals surface area contributed by atoms with Crippen molar-refractivity contribution in [3.8, 4) is 0 Å². The summed E-state index contributed by atoms with van der Waals surface area (Å²) >= 11 is 1.87. The number of rotatable bonds is 5. The molecule has 0 spiro atoms. The number of aryl methyl sites for hydroxylation is 1. The van der Waals surface area contributed by atoms with Crippen molar-refractivity contribution in [1.82, 2.24) is 15.2 Å². The van der Waals surface area contributed by atoms with Crippen LogP contribution in [0.5, 0.6) is 0 Å². The van der Waals surface area contributed by atoms with Crippen molar-refractivity contribution in [2.45, 2.75) is 52.7 Å². The Morgan fingerprint density at radius 1 is 1.25 bits per heavy atom. The van der Waals surface area contributed by atoms with Crippen molar-refractivity contribution in [1.29, 1.82) is 0 Å². The minimum absolute atomic E-state index is 0.588. The molecule has 2 rings (SSSR count). The number of hydrogen-bond donors (Lipinski definition) is 1. The van der Waals surface area contributed by atoms with Gasteiger partial charge >= 0.3 is 0 Å². The largest absolute Gasteiger partial charge is 0.345 e. The number of nitrogens with one attached hydrogen (secondary N) is 1. The van der Waals surface area contributed by atoms with Gasteiger partial charge in [-0.05, 0) is 33.9 Å². The number of likely N-dealkylation sites (N-methyl/N-ethyl adjacent to an activating group) is 1. The summed E-state index contributed by atoms with van der Waals surface area (Å²) < 4.78 is 0. The number of nitrogens with zero attached hydrogens (tertiary/aromatic N) is 3. The van der Waals surface area contributed by atoms with E-state index < -0.39 is 0 Å². The first kappa shape index (κ1) is 15.7. The molecule has 0 aromatic carbocycles. The lowest BCUT2D eigenvalue weighted by Gasteiger charge is -2.42. The van der Waals surface area contributed by atoms with Crippen LogP contribution in [-0.2, 0) is 13.0 Å². The molecule has 0 radical (unpaired) electrons. The Kier molecular flexibility index (Phi) is 5.41. The van der Waals surface area contributed by atoms with Gasteiger partial charge in [0.25, 0.3) is 0 Å². The fraction of sp³-hybridized carbons (Fsp3) is 0.800. The molecular weight excluding hydrogens is 268 g/mol. The van der Waals surface area contributed by atoms with E-state index in [1.807, 2.05) is 11.3 Å². The molecule has 1 aromatic rings. The van der Waals surface area contributed by atoms with Gasteiger partial charge in [-0.3, -0.25) is 4.90 Å². The second-order valence-corrected chi connectivity index (χ2v) is 6.83. The molecule has 2 unspecified atom stereocenters. The van der Waals surface area contributed by atoms with E-state index in [1.54, 1.807) is 0 Å². The van der Waals surface area contributed by atoms with Crippen molar-refractivity contribution in [2.24, 2.45) is 0 Å². The fourth-order valence-electron chi connectivity index (χ4n) is 2.72. The van der Waals surface area contributed by atoms with E-state index >= 15 is 0 Å². The smallest absolute Gasteiger partial charge is 0.185 e. The fourth-order valence-corrected chi connectivity index (χ4v) is 3.85. The standard InChI is InChI=1S/C15H28N4S/c1-6-13-14(8-16-7-2)20-15(17-13)19-9-11(3)18(5)12(4)10-19/h11-12,16H,6-10H2,1-5H3. The quantitative estimate of drug-likeness (QED) is 0.904. The van der Waals surface area contributed by atoms with Gasteiger partial charge in [-0.15, -0.1) is 11.3 Å². The SMILES string of the molecule is CCNCc1sc(N2CC(C)N(C)C(C)C2)nc1CC. The van der Waals surface area contributed by atoms with Gasteiger partial charge in [0.05, 0.1) is 5.69 Å². The molecule has 0 amide bonds. The second-order valence-electron chi connectivity index (χ2n) is 5.77. The maximum Gasteiger partial charge on any atom is 0.185 e. The summed E-state index contributed by atoms with van der Waals surface area (Å²) in [6.45, 7) is 13.1. The van der Waals surface area contributed by atoms with Gasteiger partial charge in [0.2, 0.25) is 0 Å². The number of piperazine rings is 1. The average molecular weight is 296 g/mol. The van der Waals surface area contributed by atoms with E-state index in [1.165, 1.54) is 15.7 Å². The van der Waals surface area contributed by atoms with Crippen LogP contribution in [0.25, 0.3) is 0 Å². The van der Waals surface area contributed by atoms with E-state index in [9.17, 15) is 0 Å². The van der Waals surface area contributed by atoms with Crippen LogP contribution in [0.15, 0.2) is 0 Å². The number of thiazole rings is 1. The number of anilines is 1. The highest BCUT2D eigenvalue weighted by atomic mass is 32.1. The van der Waals surface area contributed by atoms with Gasteiger partial charge < -0.3 is 10.2 Å². The zero-order valence-electron chi connectivity index (χ0n) is 13.4. The number of hydrogen-bond acceptors (Lipinski definition) is 5. The Bertz CT molecular complexity index is 420. The predicted octanol–water partition coefficient (Wildman–Crippen LogP) is 2.34. The summed E-state index contributed by atoms with van der Waals surface area (Å²) in [6, 6.07) is 1.18. The second kappa shape index (κ2) is 6.87. The first-order valence-electron chi connectivity index (χ1n) is 7.72. The molecule has 0 saturated carbocycles. The van der Waals surface area contributed by atoms with Gasteiger partial charge in [0.1, 0.15) is 0 Å². The highest BCUT2D eigenvalue weighted by Gasteiger charge is 2.28. The van der Waals surface area contributed by atoms with Crippen molar-refractivity contribution in [3.63, 3.8) is 0 Å². The lowest BCUT2D eigenvalue weighted by Crippen LogP contribution is -2.55. The normalized spacial score (nSPS) is 24.4. The Hall–Kier alpha value is -0.650. The summed E-state index contributed by atoms with van der Waals surface area (Å²) in [5.41, 5.74) is 1.27. The van der Waals surface area contributed by atoms with Crippen molar-refractivity contribution in [3.05, 3.63) is 10.6 Å². The molecule has 1 saturated heterocycles. The van der Waals surface area contributed by atoms with Crippen LogP contribution in [0.2, 0.25) is 0 Å². The Morgan fingerprint density at radius 3 is 2.45 bits per heavy atom. The van der Waals surface area contributed by atoms with Crippen molar-refractivity contribution >= 4 is 16.5 Å². The van der Waals surface area contributed by atoms with Gasteiger partial charge in [0, 0.05) is 36.6 Å². The molecule has 114 valence electrons. The van der Waals surface area contributed by atoms with Crippen LogP contribution in [0, 0.1) is 0 Å². The molecule has 1 aliphatic heterocycles. The average Bonchev–Trinajstić information content (AvgIpc) is 2.85. The summed E-state index contributed by atoms with van der Waals surface area (Å²) in [5.74, 6) is 0. The van der Waals surface area contributed by atoms with Crippen molar-refractivity contribution in [2.75, 3.05) is 31.6 Å². The molecule has 20 heavy (non-hydrogen) atoms. The lowest BCUT2D eigenvalue weighted by atomic mass is 10.1. The Morgan fingerprint density at radius 2 is 1.90 bits per heavy atom. The Balaban J connectivity index is 2.14. The van der Waals surface area contributed by atoms with E-state index in [-0.39, 0.29) is 0 Å².